The standard InChI is InChI=1S/C19H20N4O2/c1-3-24-19-10-17(11-22-23-13-20-21-14-23)8-9-18(19)25-12-16-6-4-15(2)5-7-16/h4-11,13-14H,3,12H2,1-2H3. The van der Waals surface area contributed by atoms with Gasteiger partial charge in [-0.3, -0.25) is 0 Å². The molecule has 6 heteroatoms. The van der Waals surface area contributed by atoms with Gasteiger partial charge in [0.2, 0.25) is 0 Å². The van der Waals surface area contributed by atoms with Crippen LogP contribution in [0, 0.1) is 6.92 Å². The van der Waals surface area contributed by atoms with E-state index in [0.29, 0.717) is 24.7 Å². The van der Waals surface area contributed by atoms with E-state index in [0.717, 1.165) is 11.1 Å². The second-order valence-corrected chi connectivity index (χ2v) is 5.50. The molecular formula is C19H20N4O2. The average molecular weight is 336 g/mol. The molecule has 0 saturated heterocycles. The van der Waals surface area contributed by atoms with E-state index >= 15 is 0 Å². The van der Waals surface area contributed by atoms with E-state index in [9.17, 15) is 0 Å². The van der Waals surface area contributed by atoms with Crippen LogP contribution in [-0.2, 0) is 6.61 Å². The Hall–Kier alpha value is -3.15. The summed E-state index contributed by atoms with van der Waals surface area (Å²) in [4.78, 5) is 0. The maximum Gasteiger partial charge on any atom is 0.161 e. The van der Waals surface area contributed by atoms with E-state index < -0.39 is 0 Å². The number of hydrogen-bond acceptors (Lipinski definition) is 5. The highest BCUT2D eigenvalue weighted by Gasteiger charge is 2.06. The van der Waals surface area contributed by atoms with E-state index in [1.165, 1.54) is 22.9 Å². The van der Waals surface area contributed by atoms with Gasteiger partial charge in [0.1, 0.15) is 19.3 Å². The Bertz CT molecular complexity index is 827. The summed E-state index contributed by atoms with van der Waals surface area (Å²) < 4.78 is 13.2. The Kier molecular flexibility index (Phi) is 5.41. The third kappa shape index (κ3) is 4.67. The summed E-state index contributed by atoms with van der Waals surface area (Å²) in [7, 11) is 0. The SMILES string of the molecule is CCOc1cc(C=Nn2cnnc2)ccc1OCc1ccc(C)cc1. The van der Waals surface area contributed by atoms with Crippen LogP contribution in [0.15, 0.2) is 60.2 Å². The molecule has 0 unspecified atom stereocenters. The van der Waals surface area contributed by atoms with E-state index in [1.807, 2.05) is 25.1 Å². The monoisotopic (exact) mass is 336 g/mol. The van der Waals surface area contributed by atoms with Crippen molar-refractivity contribution < 1.29 is 9.47 Å². The minimum atomic E-state index is 0.495. The molecule has 0 saturated carbocycles. The van der Waals surface area contributed by atoms with Crippen LogP contribution in [0.5, 0.6) is 11.5 Å². The lowest BCUT2D eigenvalue weighted by molar-refractivity contribution is 0.269. The Morgan fingerprint density at radius 3 is 2.48 bits per heavy atom. The van der Waals surface area contributed by atoms with Gasteiger partial charge in [0.25, 0.3) is 0 Å². The summed E-state index contributed by atoms with van der Waals surface area (Å²) in [6.45, 7) is 5.07. The topological polar surface area (TPSA) is 61.5 Å². The maximum absolute atomic E-state index is 5.93. The molecule has 0 aliphatic carbocycles. The van der Waals surface area contributed by atoms with Crippen molar-refractivity contribution in [2.75, 3.05) is 6.61 Å². The molecule has 128 valence electrons. The van der Waals surface area contributed by atoms with Gasteiger partial charge in [-0.15, -0.1) is 10.2 Å². The number of hydrogen-bond donors (Lipinski definition) is 0. The van der Waals surface area contributed by atoms with Crippen molar-refractivity contribution in [3.63, 3.8) is 0 Å². The van der Waals surface area contributed by atoms with Gasteiger partial charge in [-0.2, -0.15) is 5.10 Å². The first-order chi connectivity index (χ1) is 12.2. The molecule has 0 aliphatic rings. The van der Waals surface area contributed by atoms with Gasteiger partial charge in [0.05, 0.1) is 12.8 Å². The summed E-state index contributed by atoms with van der Waals surface area (Å²) >= 11 is 0. The lowest BCUT2D eigenvalue weighted by Gasteiger charge is -2.12. The van der Waals surface area contributed by atoms with Gasteiger partial charge in [0, 0.05) is 0 Å². The van der Waals surface area contributed by atoms with Gasteiger partial charge >= 0.3 is 0 Å². The van der Waals surface area contributed by atoms with Gasteiger partial charge in [-0.25, -0.2) is 4.68 Å². The minimum Gasteiger partial charge on any atom is -0.490 e. The van der Waals surface area contributed by atoms with Crippen LogP contribution in [0.1, 0.15) is 23.6 Å². The molecule has 1 heterocycles. The first kappa shape index (κ1) is 16.7. The third-order valence-corrected chi connectivity index (χ3v) is 3.53. The van der Waals surface area contributed by atoms with E-state index in [2.05, 4.69) is 46.5 Å². The fraction of sp³-hybridized carbons (Fsp3) is 0.211. The van der Waals surface area contributed by atoms with E-state index in [4.69, 9.17) is 9.47 Å². The normalized spacial score (nSPS) is 11.0. The highest BCUT2D eigenvalue weighted by atomic mass is 16.5. The minimum absolute atomic E-state index is 0.495. The number of aromatic nitrogens is 3. The second-order valence-electron chi connectivity index (χ2n) is 5.50. The molecular weight excluding hydrogens is 316 g/mol. The van der Waals surface area contributed by atoms with Gasteiger partial charge in [-0.1, -0.05) is 29.8 Å². The molecule has 25 heavy (non-hydrogen) atoms. The van der Waals surface area contributed by atoms with E-state index in [-0.39, 0.29) is 0 Å². The highest BCUT2D eigenvalue weighted by molar-refractivity contribution is 5.80. The summed E-state index contributed by atoms with van der Waals surface area (Å²) in [5.41, 5.74) is 3.25. The summed E-state index contributed by atoms with van der Waals surface area (Å²) in [6.07, 6.45) is 4.77. The average Bonchev–Trinajstić information content (AvgIpc) is 3.14. The van der Waals surface area contributed by atoms with Crippen molar-refractivity contribution in [3.8, 4) is 11.5 Å². The Balaban J connectivity index is 1.73. The zero-order valence-electron chi connectivity index (χ0n) is 14.3. The van der Waals surface area contributed by atoms with Crippen LogP contribution in [0.3, 0.4) is 0 Å². The fourth-order valence-corrected chi connectivity index (χ4v) is 2.23. The predicted octanol–water partition coefficient (Wildman–Crippen LogP) is 3.45. The zero-order chi connectivity index (χ0) is 17.5. The second kappa shape index (κ2) is 8.10. The van der Waals surface area contributed by atoms with Crippen molar-refractivity contribution >= 4 is 6.21 Å². The van der Waals surface area contributed by atoms with E-state index in [1.54, 1.807) is 6.21 Å². The summed E-state index contributed by atoms with van der Waals surface area (Å²) in [5, 5.41) is 11.7. The molecule has 0 spiro atoms. The van der Waals surface area contributed by atoms with Crippen LogP contribution in [0.2, 0.25) is 0 Å². The summed E-state index contributed by atoms with van der Waals surface area (Å²) in [6, 6.07) is 14.0. The Labute approximate surface area is 146 Å². The molecule has 6 nitrogen and oxygen atoms in total. The Morgan fingerprint density at radius 1 is 1.00 bits per heavy atom. The number of nitrogens with zero attached hydrogens (tertiary/aromatic N) is 4. The molecule has 0 amide bonds. The van der Waals surface area contributed by atoms with Crippen LogP contribution in [-0.4, -0.2) is 27.7 Å². The van der Waals surface area contributed by atoms with Gasteiger partial charge < -0.3 is 9.47 Å². The molecule has 0 fully saturated rings. The third-order valence-electron chi connectivity index (χ3n) is 3.53. The van der Waals surface area contributed by atoms with Crippen molar-refractivity contribution in [1.29, 1.82) is 0 Å². The smallest absolute Gasteiger partial charge is 0.161 e. The molecule has 0 atom stereocenters. The van der Waals surface area contributed by atoms with Crippen LogP contribution < -0.4 is 9.47 Å². The molecule has 2 aromatic carbocycles. The van der Waals surface area contributed by atoms with Crippen LogP contribution >= 0.6 is 0 Å². The van der Waals surface area contributed by atoms with Crippen molar-refractivity contribution in [1.82, 2.24) is 14.9 Å². The number of rotatable bonds is 7. The molecule has 3 rings (SSSR count). The molecule has 1 aromatic heterocycles. The first-order valence-electron chi connectivity index (χ1n) is 8.09. The quantitative estimate of drug-likeness (QED) is 0.620. The Morgan fingerprint density at radius 2 is 1.76 bits per heavy atom. The molecule has 0 bridgehead atoms. The van der Waals surface area contributed by atoms with Crippen molar-refractivity contribution in [2.45, 2.75) is 20.5 Å². The molecule has 0 N–H and O–H groups in total. The highest BCUT2D eigenvalue weighted by Crippen LogP contribution is 2.29. The number of ether oxygens (including phenoxy) is 2. The van der Waals surface area contributed by atoms with Crippen molar-refractivity contribution in [3.05, 3.63) is 71.8 Å². The number of aryl methyl sites for hydroxylation is 1. The predicted molar refractivity (Wildman–Crippen MR) is 96.1 cm³/mol. The first-order valence-corrected chi connectivity index (χ1v) is 8.09. The maximum atomic E-state index is 5.93. The molecule has 3 aromatic rings. The van der Waals surface area contributed by atoms with Crippen LogP contribution in [0.25, 0.3) is 0 Å². The zero-order valence-corrected chi connectivity index (χ0v) is 14.3. The van der Waals surface area contributed by atoms with Gasteiger partial charge in [0.15, 0.2) is 11.5 Å². The number of benzene rings is 2. The molecule has 0 radical (unpaired) electrons. The summed E-state index contributed by atoms with van der Waals surface area (Å²) in [5.74, 6) is 1.41. The largest absolute Gasteiger partial charge is 0.490 e. The van der Waals surface area contributed by atoms with Gasteiger partial charge in [-0.05, 0) is 43.2 Å². The lowest BCUT2D eigenvalue weighted by Crippen LogP contribution is -2.00. The lowest BCUT2D eigenvalue weighted by atomic mass is 10.2. The fourth-order valence-electron chi connectivity index (χ4n) is 2.23. The van der Waals surface area contributed by atoms with Crippen LogP contribution in [0.4, 0.5) is 0 Å². The van der Waals surface area contributed by atoms with Crippen molar-refractivity contribution in [2.24, 2.45) is 5.10 Å². The molecule has 0 aliphatic heterocycles.